The van der Waals surface area contributed by atoms with E-state index in [9.17, 15) is 14.9 Å². The van der Waals surface area contributed by atoms with E-state index in [0.717, 1.165) is 28.7 Å². The van der Waals surface area contributed by atoms with Crippen LogP contribution in [0.1, 0.15) is 22.3 Å². The number of hydrogen-bond acceptors (Lipinski definition) is 6. The fourth-order valence-electron chi connectivity index (χ4n) is 3.00. The van der Waals surface area contributed by atoms with E-state index in [2.05, 4.69) is 4.98 Å². The SMILES string of the molecule is Cc1cc(Cl)cc2sc(N(CCCN(C)C)C(=O)c3cccc([N+](=O)[O-])c3)nc12.Cl. The molecule has 1 amide bonds. The third kappa shape index (κ3) is 5.46. The molecule has 0 bridgehead atoms. The second-order valence-corrected chi connectivity index (χ2v) is 8.43. The smallest absolute Gasteiger partial charge is 0.270 e. The fraction of sp³-hybridized carbons (Fsp3) is 0.300. The maximum absolute atomic E-state index is 13.3. The van der Waals surface area contributed by atoms with Crippen LogP contribution >= 0.6 is 35.3 Å². The zero-order valence-corrected chi connectivity index (χ0v) is 19.2. The number of fused-ring (bicyclic) bond motifs is 1. The van der Waals surface area contributed by atoms with Crippen molar-refractivity contribution in [1.82, 2.24) is 9.88 Å². The van der Waals surface area contributed by atoms with Crippen molar-refractivity contribution in [2.45, 2.75) is 13.3 Å². The molecule has 3 aromatic rings. The van der Waals surface area contributed by atoms with E-state index in [1.807, 2.05) is 38.1 Å². The van der Waals surface area contributed by atoms with Gasteiger partial charge < -0.3 is 4.90 Å². The van der Waals surface area contributed by atoms with Gasteiger partial charge in [-0.1, -0.05) is 29.0 Å². The van der Waals surface area contributed by atoms with Gasteiger partial charge in [0, 0.05) is 29.3 Å². The molecular weight excluding hydrogens is 447 g/mol. The first-order chi connectivity index (χ1) is 13.8. The third-order valence-corrected chi connectivity index (χ3v) is 5.65. The minimum Gasteiger partial charge on any atom is -0.309 e. The molecule has 0 N–H and O–H groups in total. The highest BCUT2D eigenvalue weighted by atomic mass is 35.5. The zero-order valence-electron chi connectivity index (χ0n) is 16.8. The molecule has 0 unspecified atom stereocenters. The Labute approximate surface area is 189 Å². The average molecular weight is 469 g/mol. The van der Waals surface area contributed by atoms with Crippen LogP contribution in [0.15, 0.2) is 36.4 Å². The van der Waals surface area contributed by atoms with Crippen molar-refractivity contribution in [1.29, 1.82) is 0 Å². The number of anilines is 1. The number of carbonyl (C=O) groups excluding carboxylic acids is 1. The van der Waals surface area contributed by atoms with Crippen LogP contribution in [0, 0.1) is 17.0 Å². The van der Waals surface area contributed by atoms with Gasteiger partial charge in [-0.05, 0) is 57.7 Å². The summed E-state index contributed by atoms with van der Waals surface area (Å²) in [5.74, 6) is -0.310. The van der Waals surface area contributed by atoms with Crippen LogP contribution < -0.4 is 4.90 Å². The summed E-state index contributed by atoms with van der Waals surface area (Å²) in [6.07, 6.45) is 0.739. The van der Waals surface area contributed by atoms with Crippen LogP contribution in [-0.2, 0) is 0 Å². The average Bonchev–Trinajstić information content (AvgIpc) is 3.08. The van der Waals surface area contributed by atoms with E-state index < -0.39 is 4.92 Å². The number of carbonyl (C=O) groups is 1. The number of nitro benzene ring substituents is 1. The molecule has 0 saturated heterocycles. The van der Waals surface area contributed by atoms with Gasteiger partial charge in [-0.3, -0.25) is 19.8 Å². The highest BCUT2D eigenvalue weighted by Gasteiger charge is 2.23. The normalized spacial score (nSPS) is 10.8. The number of rotatable bonds is 7. The third-order valence-electron chi connectivity index (χ3n) is 4.41. The molecule has 1 aromatic heterocycles. The number of amides is 1. The lowest BCUT2D eigenvalue weighted by Crippen LogP contribution is -2.33. The Morgan fingerprint density at radius 1 is 1.23 bits per heavy atom. The molecule has 30 heavy (non-hydrogen) atoms. The van der Waals surface area contributed by atoms with Crippen LogP contribution in [0.2, 0.25) is 5.02 Å². The van der Waals surface area contributed by atoms with Gasteiger partial charge in [-0.25, -0.2) is 4.98 Å². The monoisotopic (exact) mass is 468 g/mol. The Morgan fingerprint density at radius 3 is 2.63 bits per heavy atom. The largest absolute Gasteiger partial charge is 0.309 e. The molecule has 0 aliphatic rings. The lowest BCUT2D eigenvalue weighted by atomic mass is 10.1. The van der Waals surface area contributed by atoms with E-state index in [-0.39, 0.29) is 29.6 Å². The fourth-order valence-corrected chi connectivity index (χ4v) is 4.44. The lowest BCUT2D eigenvalue weighted by Gasteiger charge is -2.21. The zero-order chi connectivity index (χ0) is 21.1. The topological polar surface area (TPSA) is 79.6 Å². The van der Waals surface area contributed by atoms with Crippen molar-refractivity contribution in [3.63, 3.8) is 0 Å². The summed E-state index contributed by atoms with van der Waals surface area (Å²) in [7, 11) is 3.94. The van der Waals surface area contributed by atoms with Gasteiger partial charge >= 0.3 is 0 Å². The van der Waals surface area contributed by atoms with E-state index >= 15 is 0 Å². The van der Waals surface area contributed by atoms with Crippen LogP contribution in [0.3, 0.4) is 0 Å². The number of benzene rings is 2. The standard InChI is InChI=1S/C20H21ClN4O3S.ClH/c1-13-10-15(21)12-17-18(13)22-20(29-17)24(9-5-8-23(2)3)19(26)14-6-4-7-16(11-14)25(27)28;/h4,6-7,10-12H,5,8-9H2,1-3H3;1H. The number of non-ortho nitro benzene ring substituents is 1. The van der Waals surface area contributed by atoms with Crippen LogP contribution in [0.5, 0.6) is 0 Å². The van der Waals surface area contributed by atoms with Crippen molar-refractivity contribution in [2.75, 3.05) is 32.1 Å². The molecule has 1 heterocycles. The number of halogens is 2. The molecule has 7 nitrogen and oxygen atoms in total. The number of nitrogens with zero attached hydrogens (tertiary/aromatic N) is 4. The van der Waals surface area contributed by atoms with Gasteiger partial charge in [0.05, 0.1) is 15.1 Å². The van der Waals surface area contributed by atoms with Gasteiger partial charge in [0.15, 0.2) is 5.13 Å². The molecule has 0 radical (unpaired) electrons. The van der Waals surface area contributed by atoms with Crippen LogP contribution in [0.25, 0.3) is 10.2 Å². The molecule has 0 fully saturated rings. The molecule has 2 aromatic carbocycles. The number of aryl methyl sites for hydroxylation is 1. The molecule has 0 aliphatic carbocycles. The van der Waals surface area contributed by atoms with Crippen molar-refractivity contribution in [3.8, 4) is 0 Å². The summed E-state index contributed by atoms with van der Waals surface area (Å²) in [6, 6.07) is 9.45. The Kier molecular flexibility index (Phi) is 8.14. The predicted octanol–water partition coefficient (Wildman–Crippen LogP) is 5.19. The van der Waals surface area contributed by atoms with Gasteiger partial charge in [-0.15, -0.1) is 12.4 Å². The van der Waals surface area contributed by atoms with Crippen molar-refractivity contribution in [3.05, 3.63) is 62.7 Å². The van der Waals surface area contributed by atoms with Crippen molar-refractivity contribution >= 4 is 62.3 Å². The molecule has 0 aliphatic heterocycles. The Bertz CT molecular complexity index is 1070. The summed E-state index contributed by atoms with van der Waals surface area (Å²) in [6.45, 7) is 3.18. The lowest BCUT2D eigenvalue weighted by molar-refractivity contribution is -0.384. The first kappa shape index (κ1) is 24.0. The molecule has 0 atom stereocenters. The molecule has 3 rings (SSSR count). The summed E-state index contributed by atoms with van der Waals surface area (Å²) >= 11 is 7.55. The highest BCUT2D eigenvalue weighted by Crippen LogP contribution is 2.34. The van der Waals surface area contributed by atoms with Gasteiger partial charge in [0.1, 0.15) is 0 Å². The van der Waals surface area contributed by atoms with Crippen molar-refractivity contribution < 1.29 is 9.72 Å². The van der Waals surface area contributed by atoms with E-state index in [1.54, 1.807) is 11.0 Å². The van der Waals surface area contributed by atoms with E-state index in [1.165, 1.54) is 29.5 Å². The number of nitro groups is 1. The first-order valence-electron chi connectivity index (χ1n) is 9.04. The number of hydrogen-bond donors (Lipinski definition) is 0. The van der Waals surface area contributed by atoms with Gasteiger partial charge in [-0.2, -0.15) is 0 Å². The van der Waals surface area contributed by atoms with E-state index in [4.69, 9.17) is 11.6 Å². The number of thiazole rings is 1. The second-order valence-electron chi connectivity index (χ2n) is 6.99. The minimum atomic E-state index is -0.504. The summed E-state index contributed by atoms with van der Waals surface area (Å²) in [4.78, 5) is 32.2. The maximum atomic E-state index is 13.3. The van der Waals surface area contributed by atoms with Gasteiger partial charge in [0.2, 0.25) is 0 Å². The van der Waals surface area contributed by atoms with Crippen LogP contribution in [-0.4, -0.2) is 47.9 Å². The molecule has 0 saturated carbocycles. The minimum absolute atomic E-state index is 0. The van der Waals surface area contributed by atoms with Crippen LogP contribution in [0.4, 0.5) is 10.8 Å². The first-order valence-corrected chi connectivity index (χ1v) is 10.2. The predicted molar refractivity (Wildman–Crippen MR) is 125 cm³/mol. The van der Waals surface area contributed by atoms with Gasteiger partial charge in [0.25, 0.3) is 11.6 Å². The Morgan fingerprint density at radius 2 is 1.97 bits per heavy atom. The molecule has 0 spiro atoms. The molecular formula is C20H22Cl2N4O3S. The Balaban J connectivity index is 0.00000320. The summed E-state index contributed by atoms with van der Waals surface area (Å²) in [5.41, 5.74) is 1.89. The molecule has 10 heteroatoms. The highest BCUT2D eigenvalue weighted by molar-refractivity contribution is 7.22. The maximum Gasteiger partial charge on any atom is 0.270 e. The summed E-state index contributed by atoms with van der Waals surface area (Å²) in [5, 5.41) is 12.3. The second kappa shape index (κ2) is 10.2. The molecule has 160 valence electrons. The quantitative estimate of drug-likeness (QED) is 0.352. The van der Waals surface area contributed by atoms with E-state index in [0.29, 0.717) is 16.7 Å². The number of aromatic nitrogens is 1. The van der Waals surface area contributed by atoms with Crippen molar-refractivity contribution in [2.24, 2.45) is 0 Å². The Hall–Kier alpha value is -2.26. The summed E-state index contributed by atoms with van der Waals surface area (Å²) < 4.78 is 0.898.